The first-order valence-electron chi connectivity index (χ1n) is 7.03. The molecule has 4 nitrogen and oxygen atoms in total. The lowest BCUT2D eigenvalue weighted by molar-refractivity contribution is -0.137. The predicted octanol–water partition coefficient (Wildman–Crippen LogP) is 3.65. The summed E-state index contributed by atoms with van der Waals surface area (Å²) in [6.07, 6.45) is -1.05. The highest BCUT2D eigenvalue weighted by atomic mass is 32.2. The molecule has 0 saturated carbocycles. The van der Waals surface area contributed by atoms with Gasteiger partial charge in [0.05, 0.1) is 22.8 Å². The number of fused-ring (bicyclic) bond motifs is 1. The van der Waals surface area contributed by atoms with E-state index in [-0.39, 0.29) is 0 Å². The fraction of sp³-hybridized carbons (Fsp3) is 0.333. The van der Waals surface area contributed by atoms with Gasteiger partial charge in [0.2, 0.25) is 10.0 Å². The van der Waals surface area contributed by atoms with Crippen LogP contribution in [-0.4, -0.2) is 8.42 Å². The molecule has 0 saturated heterocycles. The van der Waals surface area contributed by atoms with Gasteiger partial charge in [0.25, 0.3) is 0 Å². The fourth-order valence-electron chi connectivity index (χ4n) is 2.70. The van der Waals surface area contributed by atoms with Gasteiger partial charge in [-0.25, -0.2) is 13.1 Å². The zero-order valence-electron chi connectivity index (χ0n) is 11.9. The van der Waals surface area contributed by atoms with Crippen molar-refractivity contribution in [2.24, 2.45) is 0 Å². The minimum absolute atomic E-state index is 0.400. The van der Waals surface area contributed by atoms with Crippen molar-refractivity contribution in [1.29, 1.82) is 0 Å². The summed E-state index contributed by atoms with van der Waals surface area (Å²) >= 11 is 0. The highest BCUT2D eigenvalue weighted by Gasteiger charge is 2.33. The van der Waals surface area contributed by atoms with E-state index in [1.807, 2.05) is 0 Å². The highest BCUT2D eigenvalue weighted by molar-refractivity contribution is 7.89. The van der Waals surface area contributed by atoms with Gasteiger partial charge in [0.1, 0.15) is 5.76 Å². The first-order chi connectivity index (χ1) is 10.8. The van der Waals surface area contributed by atoms with E-state index < -0.39 is 32.7 Å². The molecule has 1 atom stereocenters. The number of rotatable bonds is 3. The third kappa shape index (κ3) is 3.28. The molecule has 1 aromatic carbocycles. The SMILES string of the molecule is O=S(=O)(NC1CCCc2occc21)c1cccc(C(F)(F)F)c1. The standard InChI is InChI=1S/C15H14F3NO3S/c16-15(17,18)10-3-1-4-11(9-10)23(20,21)19-13-5-2-6-14-12(13)7-8-22-14/h1,3-4,7-9,13,19H,2,5-6H2. The normalized spacial score (nSPS) is 18.7. The summed E-state index contributed by atoms with van der Waals surface area (Å²) in [5.41, 5.74) is -0.250. The Kier molecular flexibility index (Phi) is 3.97. The smallest absolute Gasteiger partial charge is 0.416 e. The molecule has 0 fully saturated rings. The molecular formula is C15H14F3NO3S. The zero-order chi connectivity index (χ0) is 16.7. The van der Waals surface area contributed by atoms with Crippen molar-refractivity contribution in [1.82, 2.24) is 4.72 Å². The second-order valence-electron chi connectivity index (χ2n) is 5.39. The Bertz CT molecular complexity index is 811. The Morgan fingerprint density at radius 1 is 1.22 bits per heavy atom. The Morgan fingerprint density at radius 2 is 2.00 bits per heavy atom. The number of hydrogen-bond donors (Lipinski definition) is 1. The molecule has 1 aliphatic rings. The quantitative estimate of drug-likeness (QED) is 0.924. The van der Waals surface area contributed by atoms with E-state index in [2.05, 4.69) is 4.72 Å². The second kappa shape index (κ2) is 5.68. The lowest BCUT2D eigenvalue weighted by atomic mass is 9.94. The molecule has 1 aromatic heterocycles. The van der Waals surface area contributed by atoms with Crippen LogP contribution in [-0.2, 0) is 22.6 Å². The number of furan rings is 1. The first-order valence-corrected chi connectivity index (χ1v) is 8.51. The third-order valence-corrected chi connectivity index (χ3v) is 5.29. The Labute approximate surface area is 131 Å². The molecule has 0 amide bonds. The van der Waals surface area contributed by atoms with Crippen LogP contribution < -0.4 is 4.72 Å². The molecule has 0 bridgehead atoms. The minimum Gasteiger partial charge on any atom is -0.469 e. The van der Waals surface area contributed by atoms with Gasteiger partial charge >= 0.3 is 6.18 Å². The van der Waals surface area contributed by atoms with E-state index in [4.69, 9.17) is 4.42 Å². The topological polar surface area (TPSA) is 59.3 Å². The summed E-state index contributed by atoms with van der Waals surface area (Å²) in [7, 11) is -4.05. The van der Waals surface area contributed by atoms with Crippen LogP contribution in [0.3, 0.4) is 0 Å². The van der Waals surface area contributed by atoms with E-state index in [1.165, 1.54) is 6.26 Å². The molecule has 1 aliphatic carbocycles. The van der Waals surface area contributed by atoms with Crippen LogP contribution in [0.4, 0.5) is 13.2 Å². The summed E-state index contributed by atoms with van der Waals surface area (Å²) in [5, 5.41) is 0. The van der Waals surface area contributed by atoms with E-state index in [0.29, 0.717) is 18.2 Å². The van der Waals surface area contributed by atoms with Crippen molar-refractivity contribution < 1.29 is 26.0 Å². The van der Waals surface area contributed by atoms with Crippen molar-refractivity contribution in [3.8, 4) is 0 Å². The summed E-state index contributed by atoms with van der Waals surface area (Å²) < 4.78 is 70.8. The van der Waals surface area contributed by atoms with Crippen molar-refractivity contribution >= 4 is 10.0 Å². The zero-order valence-corrected chi connectivity index (χ0v) is 12.7. The molecule has 0 spiro atoms. The van der Waals surface area contributed by atoms with Crippen LogP contribution >= 0.6 is 0 Å². The van der Waals surface area contributed by atoms with E-state index in [1.54, 1.807) is 6.07 Å². The molecule has 1 N–H and O–H groups in total. The largest absolute Gasteiger partial charge is 0.469 e. The maximum absolute atomic E-state index is 12.7. The number of sulfonamides is 1. The lowest BCUT2D eigenvalue weighted by Gasteiger charge is -2.22. The van der Waals surface area contributed by atoms with Crippen molar-refractivity contribution in [2.75, 3.05) is 0 Å². The Hall–Kier alpha value is -1.80. The monoisotopic (exact) mass is 345 g/mol. The number of hydrogen-bond acceptors (Lipinski definition) is 3. The average Bonchev–Trinajstić information content (AvgIpc) is 2.96. The molecule has 2 aromatic rings. The molecule has 3 rings (SSSR count). The van der Waals surface area contributed by atoms with Crippen LogP contribution in [0.2, 0.25) is 0 Å². The van der Waals surface area contributed by atoms with Crippen LogP contribution in [0.25, 0.3) is 0 Å². The summed E-state index contributed by atoms with van der Waals surface area (Å²) in [6.45, 7) is 0. The van der Waals surface area contributed by atoms with Crippen molar-refractivity contribution in [3.05, 3.63) is 53.5 Å². The van der Waals surface area contributed by atoms with Gasteiger partial charge in [-0.3, -0.25) is 0 Å². The first kappa shape index (κ1) is 16.1. The minimum atomic E-state index is -4.59. The second-order valence-corrected chi connectivity index (χ2v) is 7.10. The summed E-state index contributed by atoms with van der Waals surface area (Å²) in [4.78, 5) is -0.400. The fourth-order valence-corrected chi connectivity index (χ4v) is 4.00. The molecule has 124 valence electrons. The van der Waals surface area contributed by atoms with Gasteiger partial charge < -0.3 is 4.42 Å². The molecule has 23 heavy (non-hydrogen) atoms. The van der Waals surface area contributed by atoms with Crippen molar-refractivity contribution in [2.45, 2.75) is 36.4 Å². The van der Waals surface area contributed by atoms with E-state index in [9.17, 15) is 21.6 Å². The lowest BCUT2D eigenvalue weighted by Crippen LogP contribution is -2.30. The number of benzene rings is 1. The average molecular weight is 345 g/mol. The third-order valence-electron chi connectivity index (χ3n) is 3.82. The van der Waals surface area contributed by atoms with Crippen LogP contribution in [0, 0.1) is 0 Å². The molecular weight excluding hydrogens is 331 g/mol. The highest BCUT2D eigenvalue weighted by Crippen LogP contribution is 2.33. The van der Waals surface area contributed by atoms with E-state index >= 15 is 0 Å². The maximum atomic E-state index is 12.7. The van der Waals surface area contributed by atoms with Crippen molar-refractivity contribution in [3.63, 3.8) is 0 Å². The number of alkyl halides is 3. The Morgan fingerprint density at radius 3 is 2.74 bits per heavy atom. The number of halogens is 3. The van der Waals surface area contributed by atoms with Gasteiger partial charge in [-0.2, -0.15) is 13.2 Å². The van der Waals surface area contributed by atoms with Gasteiger partial charge in [-0.1, -0.05) is 6.07 Å². The maximum Gasteiger partial charge on any atom is 0.416 e. The van der Waals surface area contributed by atoms with Crippen LogP contribution in [0.5, 0.6) is 0 Å². The van der Waals surface area contributed by atoms with Gasteiger partial charge in [0, 0.05) is 12.0 Å². The summed E-state index contributed by atoms with van der Waals surface area (Å²) in [6, 6.07) is 4.92. The number of nitrogens with one attached hydrogen (secondary N) is 1. The van der Waals surface area contributed by atoms with Crippen LogP contribution in [0.15, 0.2) is 45.9 Å². The molecule has 1 unspecified atom stereocenters. The molecule has 1 heterocycles. The van der Waals surface area contributed by atoms with E-state index in [0.717, 1.165) is 36.6 Å². The Balaban J connectivity index is 1.89. The van der Waals surface area contributed by atoms with Crippen LogP contribution in [0.1, 0.15) is 35.8 Å². The molecule has 0 radical (unpaired) electrons. The summed E-state index contributed by atoms with van der Waals surface area (Å²) in [5.74, 6) is 0.716. The molecule has 0 aliphatic heterocycles. The molecule has 8 heteroatoms. The van der Waals surface area contributed by atoms with Gasteiger partial charge in [0.15, 0.2) is 0 Å². The predicted molar refractivity (Wildman–Crippen MR) is 76.2 cm³/mol. The van der Waals surface area contributed by atoms with Gasteiger partial charge in [-0.05, 0) is 37.1 Å². The van der Waals surface area contributed by atoms with Gasteiger partial charge in [-0.15, -0.1) is 0 Å². The number of aryl methyl sites for hydroxylation is 1.